The summed E-state index contributed by atoms with van der Waals surface area (Å²) in [6.07, 6.45) is 1.03. The van der Waals surface area contributed by atoms with Gasteiger partial charge in [-0.05, 0) is 24.6 Å². The van der Waals surface area contributed by atoms with E-state index in [-0.39, 0.29) is 0 Å². The molecule has 0 radical (unpaired) electrons. The number of fused-ring (bicyclic) bond motifs is 1. The zero-order valence-electron chi connectivity index (χ0n) is 7.76. The van der Waals surface area contributed by atoms with Crippen LogP contribution in [0.4, 0.5) is 5.69 Å². The van der Waals surface area contributed by atoms with E-state index in [1.54, 1.807) is 7.11 Å². The van der Waals surface area contributed by atoms with Gasteiger partial charge in [0.25, 0.3) is 0 Å². The molecule has 0 unspecified atom stereocenters. The van der Waals surface area contributed by atoms with Gasteiger partial charge in [0, 0.05) is 23.9 Å². The van der Waals surface area contributed by atoms with Crippen molar-refractivity contribution in [1.82, 2.24) is 5.32 Å². The van der Waals surface area contributed by atoms with Gasteiger partial charge in [-0.2, -0.15) is 0 Å². The Morgan fingerprint density at radius 3 is 3.08 bits per heavy atom. The summed E-state index contributed by atoms with van der Waals surface area (Å²) in [7, 11) is 1.69. The van der Waals surface area contributed by atoms with E-state index in [0.29, 0.717) is 0 Å². The number of rotatable bonds is 1. The maximum Gasteiger partial charge on any atom is 0.124 e. The predicted octanol–water partition coefficient (Wildman–Crippen LogP) is 0.923. The predicted molar refractivity (Wildman–Crippen MR) is 52.8 cm³/mol. The topological polar surface area (TPSA) is 47.3 Å². The highest BCUT2D eigenvalue weighted by Gasteiger charge is 2.13. The second kappa shape index (κ2) is 3.26. The SMILES string of the molecule is COc1cc(N)cc2c1CCNC2. The molecular weight excluding hydrogens is 164 g/mol. The molecule has 70 valence electrons. The number of nitrogens with one attached hydrogen (secondary N) is 1. The Kier molecular flexibility index (Phi) is 2.10. The summed E-state index contributed by atoms with van der Waals surface area (Å²) in [5.41, 5.74) is 9.10. The number of anilines is 1. The Labute approximate surface area is 77.9 Å². The molecule has 0 atom stereocenters. The van der Waals surface area contributed by atoms with Crippen LogP contribution >= 0.6 is 0 Å². The number of benzene rings is 1. The standard InChI is InChI=1S/C10H14N2O/c1-13-10-5-8(11)4-7-6-12-3-2-9(7)10/h4-5,12H,2-3,6,11H2,1H3. The van der Waals surface area contributed by atoms with Crippen molar-refractivity contribution in [3.63, 3.8) is 0 Å². The summed E-state index contributed by atoms with van der Waals surface area (Å²) in [6.45, 7) is 1.92. The average Bonchev–Trinajstić information content (AvgIpc) is 2.16. The van der Waals surface area contributed by atoms with E-state index in [1.165, 1.54) is 11.1 Å². The summed E-state index contributed by atoms with van der Waals surface area (Å²) in [5.74, 6) is 0.927. The molecule has 0 aromatic heterocycles. The van der Waals surface area contributed by atoms with Crippen molar-refractivity contribution in [3.8, 4) is 5.75 Å². The summed E-state index contributed by atoms with van der Waals surface area (Å²) in [4.78, 5) is 0. The van der Waals surface area contributed by atoms with Gasteiger partial charge in [-0.15, -0.1) is 0 Å². The third kappa shape index (κ3) is 1.47. The highest BCUT2D eigenvalue weighted by atomic mass is 16.5. The molecule has 0 spiro atoms. The minimum Gasteiger partial charge on any atom is -0.496 e. The summed E-state index contributed by atoms with van der Waals surface area (Å²) >= 11 is 0. The zero-order valence-corrected chi connectivity index (χ0v) is 7.76. The highest BCUT2D eigenvalue weighted by molar-refractivity contribution is 5.53. The number of hydrogen-bond acceptors (Lipinski definition) is 3. The summed E-state index contributed by atoms with van der Waals surface area (Å²) in [5, 5.41) is 3.31. The third-order valence-electron chi connectivity index (χ3n) is 2.41. The molecule has 3 N–H and O–H groups in total. The molecule has 0 bridgehead atoms. The van der Waals surface area contributed by atoms with Gasteiger partial charge in [0.2, 0.25) is 0 Å². The Morgan fingerprint density at radius 1 is 1.46 bits per heavy atom. The highest BCUT2D eigenvalue weighted by Crippen LogP contribution is 2.28. The van der Waals surface area contributed by atoms with E-state index in [2.05, 4.69) is 5.32 Å². The monoisotopic (exact) mass is 178 g/mol. The molecule has 0 fully saturated rings. The lowest BCUT2D eigenvalue weighted by molar-refractivity contribution is 0.406. The van der Waals surface area contributed by atoms with Crippen molar-refractivity contribution >= 4 is 5.69 Å². The molecule has 2 rings (SSSR count). The van der Waals surface area contributed by atoms with E-state index in [9.17, 15) is 0 Å². The Balaban J connectivity index is 2.50. The van der Waals surface area contributed by atoms with Gasteiger partial charge in [-0.1, -0.05) is 0 Å². The van der Waals surface area contributed by atoms with E-state index < -0.39 is 0 Å². The molecule has 1 aromatic rings. The molecule has 3 nitrogen and oxygen atoms in total. The molecule has 3 heteroatoms. The number of methoxy groups -OCH3 is 1. The first-order valence-corrected chi connectivity index (χ1v) is 4.47. The minimum absolute atomic E-state index is 0.777. The molecule has 0 saturated heterocycles. The molecule has 1 aliphatic heterocycles. The fourth-order valence-corrected chi connectivity index (χ4v) is 1.79. The van der Waals surface area contributed by atoms with Crippen molar-refractivity contribution in [2.24, 2.45) is 0 Å². The smallest absolute Gasteiger partial charge is 0.124 e. The Hall–Kier alpha value is -1.22. The number of ether oxygens (including phenoxy) is 1. The van der Waals surface area contributed by atoms with Crippen LogP contribution < -0.4 is 15.8 Å². The first-order valence-electron chi connectivity index (χ1n) is 4.47. The maximum absolute atomic E-state index is 5.75. The molecule has 1 heterocycles. The van der Waals surface area contributed by atoms with E-state index in [0.717, 1.165) is 30.9 Å². The second-order valence-corrected chi connectivity index (χ2v) is 3.29. The average molecular weight is 178 g/mol. The van der Waals surface area contributed by atoms with Crippen molar-refractivity contribution in [3.05, 3.63) is 23.3 Å². The van der Waals surface area contributed by atoms with Crippen molar-refractivity contribution in [1.29, 1.82) is 0 Å². The van der Waals surface area contributed by atoms with Crippen molar-refractivity contribution < 1.29 is 4.74 Å². The Bertz CT molecular complexity index is 306. The van der Waals surface area contributed by atoms with Crippen LogP contribution in [0.5, 0.6) is 5.75 Å². The fraction of sp³-hybridized carbons (Fsp3) is 0.400. The number of hydrogen-bond donors (Lipinski definition) is 2. The molecule has 13 heavy (non-hydrogen) atoms. The van der Waals surface area contributed by atoms with E-state index >= 15 is 0 Å². The molecule has 0 saturated carbocycles. The summed E-state index contributed by atoms with van der Waals surface area (Å²) < 4.78 is 5.29. The van der Waals surface area contributed by atoms with Gasteiger partial charge >= 0.3 is 0 Å². The second-order valence-electron chi connectivity index (χ2n) is 3.29. The quantitative estimate of drug-likeness (QED) is 0.629. The van der Waals surface area contributed by atoms with Gasteiger partial charge in [-0.3, -0.25) is 0 Å². The fourth-order valence-electron chi connectivity index (χ4n) is 1.79. The van der Waals surface area contributed by atoms with Crippen LogP contribution in [0.3, 0.4) is 0 Å². The van der Waals surface area contributed by atoms with Crippen molar-refractivity contribution in [2.75, 3.05) is 19.4 Å². The number of nitrogen functional groups attached to an aromatic ring is 1. The summed E-state index contributed by atoms with van der Waals surface area (Å²) in [6, 6.07) is 3.91. The van der Waals surface area contributed by atoms with Crippen LogP contribution in [0, 0.1) is 0 Å². The minimum atomic E-state index is 0.777. The van der Waals surface area contributed by atoms with Crippen LogP contribution in [-0.4, -0.2) is 13.7 Å². The van der Waals surface area contributed by atoms with Gasteiger partial charge in [0.1, 0.15) is 5.75 Å². The maximum atomic E-state index is 5.75. The van der Waals surface area contributed by atoms with E-state index in [1.807, 2.05) is 12.1 Å². The van der Waals surface area contributed by atoms with Crippen LogP contribution in [0.25, 0.3) is 0 Å². The molecule has 1 aliphatic rings. The molecule has 0 aliphatic carbocycles. The lowest BCUT2D eigenvalue weighted by atomic mass is 9.99. The normalized spacial score (nSPS) is 15.2. The van der Waals surface area contributed by atoms with Crippen LogP contribution in [0.1, 0.15) is 11.1 Å². The van der Waals surface area contributed by atoms with Crippen LogP contribution in [-0.2, 0) is 13.0 Å². The van der Waals surface area contributed by atoms with Crippen molar-refractivity contribution in [2.45, 2.75) is 13.0 Å². The lowest BCUT2D eigenvalue weighted by Gasteiger charge is -2.20. The lowest BCUT2D eigenvalue weighted by Crippen LogP contribution is -2.24. The first kappa shape index (κ1) is 8.38. The van der Waals surface area contributed by atoms with Crippen LogP contribution in [0.2, 0.25) is 0 Å². The van der Waals surface area contributed by atoms with E-state index in [4.69, 9.17) is 10.5 Å². The van der Waals surface area contributed by atoms with Gasteiger partial charge < -0.3 is 15.8 Å². The molecular formula is C10H14N2O. The van der Waals surface area contributed by atoms with Gasteiger partial charge in [0.15, 0.2) is 0 Å². The first-order chi connectivity index (χ1) is 6.31. The van der Waals surface area contributed by atoms with Gasteiger partial charge in [-0.25, -0.2) is 0 Å². The Morgan fingerprint density at radius 2 is 2.31 bits per heavy atom. The third-order valence-corrected chi connectivity index (χ3v) is 2.41. The zero-order chi connectivity index (χ0) is 9.26. The molecule has 1 aromatic carbocycles. The van der Waals surface area contributed by atoms with Crippen LogP contribution in [0.15, 0.2) is 12.1 Å². The largest absolute Gasteiger partial charge is 0.496 e. The van der Waals surface area contributed by atoms with Gasteiger partial charge in [0.05, 0.1) is 7.11 Å². The molecule has 0 amide bonds. The number of nitrogens with two attached hydrogens (primary N) is 1.